The molecule has 0 unspecified atom stereocenters. The van der Waals surface area contributed by atoms with E-state index < -0.39 is 0 Å². The van der Waals surface area contributed by atoms with Gasteiger partial charge in [-0.3, -0.25) is 4.79 Å². The van der Waals surface area contributed by atoms with Gasteiger partial charge in [-0.05, 0) is 42.0 Å². The highest BCUT2D eigenvalue weighted by Gasteiger charge is 2.29. The number of anilines is 2. The van der Waals surface area contributed by atoms with Crippen LogP contribution in [0.4, 0.5) is 11.4 Å². The number of amides is 1. The fraction of sp³-hybridized carbons (Fsp3) is 0.0500. The number of aromatic amines is 1. The summed E-state index contributed by atoms with van der Waals surface area (Å²) in [5.41, 5.74) is 11.0. The van der Waals surface area contributed by atoms with E-state index >= 15 is 0 Å². The van der Waals surface area contributed by atoms with Crippen LogP contribution in [-0.4, -0.2) is 23.1 Å². The molecule has 0 radical (unpaired) electrons. The molecule has 0 bridgehead atoms. The van der Waals surface area contributed by atoms with Gasteiger partial charge >= 0.3 is 0 Å². The van der Waals surface area contributed by atoms with Crippen molar-refractivity contribution in [3.63, 3.8) is 0 Å². The fourth-order valence-corrected chi connectivity index (χ4v) is 3.19. The third-order valence-corrected chi connectivity index (χ3v) is 4.40. The Morgan fingerprint density at radius 2 is 1.85 bits per heavy atom. The number of nitrogens with one attached hydrogen (secondary N) is 2. The molecule has 6 heteroatoms. The van der Waals surface area contributed by atoms with Crippen LogP contribution in [-0.2, 0) is 4.79 Å². The molecule has 1 aromatic heterocycles. The molecule has 1 amide bonds. The number of fused-ring (bicyclic) bond motifs is 1. The summed E-state index contributed by atoms with van der Waals surface area (Å²) in [7, 11) is 1.58. The van der Waals surface area contributed by atoms with Gasteiger partial charge < -0.3 is 25.9 Å². The van der Waals surface area contributed by atoms with Gasteiger partial charge in [0.25, 0.3) is 5.91 Å². The van der Waals surface area contributed by atoms with Gasteiger partial charge in [-0.15, -0.1) is 0 Å². The zero-order chi connectivity index (χ0) is 18.3. The molecule has 0 fully saturated rings. The Morgan fingerprint density at radius 1 is 1.08 bits per heavy atom. The molecule has 26 heavy (non-hydrogen) atoms. The molecular formula is C20H17N3O3. The highest BCUT2D eigenvalue weighted by Crippen LogP contribution is 2.44. The molecule has 0 saturated heterocycles. The van der Waals surface area contributed by atoms with Crippen molar-refractivity contribution >= 4 is 28.9 Å². The predicted octanol–water partition coefficient (Wildman–Crippen LogP) is 3.47. The molecule has 0 atom stereocenters. The van der Waals surface area contributed by atoms with Crippen molar-refractivity contribution < 1.29 is 14.6 Å². The molecule has 0 aliphatic carbocycles. The van der Waals surface area contributed by atoms with Gasteiger partial charge in [-0.25, -0.2) is 0 Å². The number of aromatic hydroxyl groups is 1. The molecule has 4 rings (SSSR count). The van der Waals surface area contributed by atoms with E-state index in [1.165, 1.54) is 0 Å². The minimum absolute atomic E-state index is 0.168. The standard InChI is InChI=1S/C20H17N3O3/c1-26-17-8-9-22-16(17)10-13-19-15(23-20(13)25)7-6-14(21)18(19)11-2-4-12(24)5-3-11/h2-10,22,24H,21H2,1H3,(H,23,25)/b13-10-. The number of hydrogen-bond acceptors (Lipinski definition) is 4. The first-order chi connectivity index (χ1) is 12.6. The maximum Gasteiger partial charge on any atom is 0.256 e. The van der Waals surface area contributed by atoms with E-state index in [2.05, 4.69) is 10.3 Å². The second-order valence-electron chi connectivity index (χ2n) is 5.97. The van der Waals surface area contributed by atoms with Crippen LogP contribution < -0.4 is 15.8 Å². The Kier molecular flexibility index (Phi) is 3.65. The third kappa shape index (κ3) is 2.48. The number of H-pyrrole nitrogens is 1. The maximum atomic E-state index is 12.6. The summed E-state index contributed by atoms with van der Waals surface area (Å²) in [5.74, 6) is 0.608. The normalized spacial score (nSPS) is 14.3. The smallest absolute Gasteiger partial charge is 0.256 e. The second-order valence-corrected chi connectivity index (χ2v) is 5.97. The van der Waals surface area contributed by atoms with E-state index in [9.17, 15) is 9.90 Å². The van der Waals surface area contributed by atoms with E-state index in [1.807, 2.05) is 0 Å². The number of phenolic OH excluding ortho intramolecular Hbond substituents is 1. The van der Waals surface area contributed by atoms with Crippen molar-refractivity contribution in [2.24, 2.45) is 0 Å². The number of nitrogen functional groups attached to an aromatic ring is 1. The van der Waals surface area contributed by atoms with E-state index in [1.54, 1.807) is 61.8 Å². The number of ether oxygens (including phenoxy) is 1. The molecule has 130 valence electrons. The van der Waals surface area contributed by atoms with Crippen molar-refractivity contribution in [2.75, 3.05) is 18.2 Å². The summed E-state index contributed by atoms with van der Waals surface area (Å²) in [6.45, 7) is 0. The van der Waals surface area contributed by atoms with Crippen LogP contribution in [0.15, 0.2) is 48.7 Å². The Labute approximate surface area is 149 Å². The van der Waals surface area contributed by atoms with Crippen molar-refractivity contribution in [2.45, 2.75) is 0 Å². The van der Waals surface area contributed by atoms with Crippen LogP contribution in [0.1, 0.15) is 11.3 Å². The van der Waals surface area contributed by atoms with E-state index in [0.29, 0.717) is 28.4 Å². The lowest BCUT2D eigenvalue weighted by Gasteiger charge is -2.12. The van der Waals surface area contributed by atoms with Crippen molar-refractivity contribution in [3.05, 3.63) is 59.9 Å². The zero-order valence-corrected chi connectivity index (χ0v) is 14.0. The number of carbonyl (C=O) groups excluding carboxylic acids is 1. The zero-order valence-electron chi connectivity index (χ0n) is 14.0. The van der Waals surface area contributed by atoms with Crippen molar-refractivity contribution in [3.8, 4) is 22.6 Å². The van der Waals surface area contributed by atoms with Crippen molar-refractivity contribution in [1.29, 1.82) is 0 Å². The number of nitrogens with two attached hydrogens (primary N) is 1. The number of aromatic nitrogens is 1. The Hall–Kier alpha value is -3.67. The quantitative estimate of drug-likeness (QED) is 0.430. The monoisotopic (exact) mass is 347 g/mol. The summed E-state index contributed by atoms with van der Waals surface area (Å²) < 4.78 is 5.31. The third-order valence-electron chi connectivity index (χ3n) is 4.40. The van der Waals surface area contributed by atoms with Gasteiger partial charge in [0, 0.05) is 28.7 Å². The van der Waals surface area contributed by atoms with E-state index in [4.69, 9.17) is 10.5 Å². The molecule has 5 N–H and O–H groups in total. The first-order valence-corrected chi connectivity index (χ1v) is 8.05. The molecule has 2 heterocycles. The van der Waals surface area contributed by atoms with Gasteiger partial charge in [-0.2, -0.15) is 0 Å². The number of phenols is 1. The minimum atomic E-state index is -0.206. The van der Waals surface area contributed by atoms with Crippen LogP contribution in [0.3, 0.4) is 0 Å². The Bertz CT molecular complexity index is 1030. The average Bonchev–Trinajstić information content (AvgIpc) is 3.21. The summed E-state index contributed by atoms with van der Waals surface area (Å²) in [5, 5.41) is 12.4. The summed E-state index contributed by atoms with van der Waals surface area (Å²) in [4.78, 5) is 15.7. The molecule has 1 aliphatic heterocycles. The van der Waals surface area contributed by atoms with E-state index in [-0.39, 0.29) is 11.7 Å². The Balaban J connectivity index is 1.94. The van der Waals surface area contributed by atoms with Gasteiger partial charge in [0.2, 0.25) is 0 Å². The lowest BCUT2D eigenvalue weighted by atomic mass is 9.93. The molecule has 3 aromatic rings. The van der Waals surface area contributed by atoms with Gasteiger partial charge in [-0.1, -0.05) is 12.1 Å². The number of methoxy groups -OCH3 is 1. The number of rotatable bonds is 3. The number of benzene rings is 2. The SMILES string of the molecule is COc1cc[nH]c1/C=C1\C(=O)Nc2ccc(N)c(-c3ccc(O)cc3)c21. The topological polar surface area (TPSA) is 100 Å². The van der Waals surface area contributed by atoms with Crippen molar-refractivity contribution in [1.82, 2.24) is 4.98 Å². The average molecular weight is 347 g/mol. The summed E-state index contributed by atoms with van der Waals surface area (Å²) in [6.07, 6.45) is 3.50. The minimum Gasteiger partial charge on any atom is -0.508 e. The number of hydrogen-bond donors (Lipinski definition) is 4. The highest BCUT2D eigenvalue weighted by atomic mass is 16.5. The van der Waals surface area contributed by atoms with Crippen LogP contribution in [0.2, 0.25) is 0 Å². The summed E-state index contributed by atoms with van der Waals surface area (Å²) in [6, 6.07) is 12.1. The molecule has 2 aromatic carbocycles. The molecular weight excluding hydrogens is 330 g/mol. The largest absolute Gasteiger partial charge is 0.508 e. The van der Waals surface area contributed by atoms with Crippen LogP contribution in [0.5, 0.6) is 11.5 Å². The van der Waals surface area contributed by atoms with Crippen LogP contribution in [0.25, 0.3) is 22.8 Å². The van der Waals surface area contributed by atoms with E-state index in [0.717, 1.165) is 16.7 Å². The Morgan fingerprint density at radius 3 is 2.58 bits per heavy atom. The van der Waals surface area contributed by atoms with Crippen LogP contribution >= 0.6 is 0 Å². The fourth-order valence-electron chi connectivity index (χ4n) is 3.19. The maximum absolute atomic E-state index is 12.6. The predicted molar refractivity (Wildman–Crippen MR) is 102 cm³/mol. The van der Waals surface area contributed by atoms with Crippen LogP contribution in [0, 0.1) is 0 Å². The molecule has 0 saturated carbocycles. The second kappa shape index (κ2) is 6.00. The molecule has 6 nitrogen and oxygen atoms in total. The lowest BCUT2D eigenvalue weighted by molar-refractivity contribution is -0.110. The van der Waals surface area contributed by atoms with Gasteiger partial charge in [0.15, 0.2) is 0 Å². The number of carbonyl (C=O) groups is 1. The summed E-state index contributed by atoms with van der Waals surface area (Å²) >= 11 is 0. The van der Waals surface area contributed by atoms with Gasteiger partial charge in [0.1, 0.15) is 11.5 Å². The molecule has 1 aliphatic rings. The van der Waals surface area contributed by atoms with Gasteiger partial charge in [0.05, 0.1) is 18.4 Å². The molecule has 0 spiro atoms. The highest BCUT2D eigenvalue weighted by molar-refractivity contribution is 6.36. The first kappa shape index (κ1) is 15.8. The first-order valence-electron chi connectivity index (χ1n) is 8.05. The lowest BCUT2D eigenvalue weighted by Crippen LogP contribution is -2.03.